The lowest BCUT2D eigenvalue weighted by molar-refractivity contribution is -0.382. The molecule has 0 aromatic rings. The van der Waals surface area contributed by atoms with Crippen molar-refractivity contribution in [3.8, 4) is 0 Å². The maximum absolute atomic E-state index is 12.2. The molecular formula is C20H33F9O4S2. The summed E-state index contributed by atoms with van der Waals surface area (Å²) in [7, 11) is -7.03. The molecule has 15 heteroatoms. The lowest BCUT2D eigenvalue weighted by Crippen LogP contribution is -2.63. The Morgan fingerprint density at radius 1 is 0.714 bits per heavy atom. The fourth-order valence-corrected chi connectivity index (χ4v) is 5.44. The van der Waals surface area contributed by atoms with Crippen molar-refractivity contribution in [2.45, 2.75) is 102 Å². The fraction of sp³-hybridized carbons (Fsp3) is 0.950. The highest BCUT2D eigenvalue weighted by molar-refractivity contribution is 7.97. The predicted octanol–water partition coefficient (Wildman–Crippen LogP) is 6.70. The molecule has 0 aliphatic rings. The molecule has 4 nitrogen and oxygen atoms in total. The van der Waals surface area contributed by atoms with Gasteiger partial charge < -0.3 is 4.55 Å². The minimum absolute atomic E-state index is 0.389. The van der Waals surface area contributed by atoms with Crippen LogP contribution in [0.25, 0.3) is 0 Å². The molecule has 0 rings (SSSR count). The SMILES string of the molecule is CCCCCCC(=O)C[S+](CCCC)CCCC.O=S(=O)([O-])C(F)(F)C(F)(F)C(F)(F)C(F)(F)F. The Kier molecular flexibility index (Phi) is 16.2. The molecule has 0 saturated heterocycles. The van der Waals surface area contributed by atoms with Crippen LogP contribution in [0, 0.1) is 0 Å². The van der Waals surface area contributed by atoms with Crippen LogP contribution < -0.4 is 0 Å². The summed E-state index contributed by atoms with van der Waals surface area (Å²) in [6.07, 6.45) is 3.69. The Hall–Kier alpha value is -0.700. The number of carbonyl (C=O) groups is 1. The van der Waals surface area contributed by atoms with Gasteiger partial charge in [-0.15, -0.1) is 0 Å². The second-order valence-corrected chi connectivity index (χ2v) is 11.6. The highest BCUT2D eigenvalue weighted by Gasteiger charge is 2.83. The topological polar surface area (TPSA) is 74.3 Å². The van der Waals surface area contributed by atoms with Gasteiger partial charge in [-0.1, -0.05) is 52.9 Å². The molecule has 212 valence electrons. The molecule has 0 unspecified atom stereocenters. The van der Waals surface area contributed by atoms with Crippen LogP contribution in [0.4, 0.5) is 39.5 Å². The first kappa shape index (κ1) is 36.5. The van der Waals surface area contributed by atoms with E-state index in [1.54, 1.807) is 0 Å². The third-order valence-corrected chi connectivity index (χ3v) is 8.02. The van der Waals surface area contributed by atoms with Crippen LogP contribution in [0.1, 0.15) is 78.6 Å². The first-order valence-corrected chi connectivity index (χ1v) is 14.2. The van der Waals surface area contributed by atoms with Crippen molar-refractivity contribution in [2.75, 3.05) is 17.3 Å². The van der Waals surface area contributed by atoms with E-state index in [9.17, 15) is 57.3 Å². The van der Waals surface area contributed by atoms with Crippen molar-refractivity contribution < 1.29 is 57.3 Å². The Morgan fingerprint density at radius 3 is 1.49 bits per heavy atom. The third kappa shape index (κ3) is 11.5. The Morgan fingerprint density at radius 2 is 1.14 bits per heavy atom. The van der Waals surface area contributed by atoms with Crippen molar-refractivity contribution in [2.24, 2.45) is 0 Å². The van der Waals surface area contributed by atoms with Crippen LogP contribution in [-0.4, -0.2) is 59.3 Å². The lowest BCUT2D eigenvalue weighted by atomic mass is 10.1. The van der Waals surface area contributed by atoms with Gasteiger partial charge in [-0.05, 0) is 30.2 Å². The summed E-state index contributed by atoms with van der Waals surface area (Å²) in [6, 6.07) is 0. The van der Waals surface area contributed by atoms with Gasteiger partial charge in [0, 0.05) is 6.42 Å². The molecule has 0 aromatic carbocycles. The van der Waals surface area contributed by atoms with Gasteiger partial charge in [0.15, 0.2) is 21.7 Å². The number of hydrogen-bond donors (Lipinski definition) is 0. The van der Waals surface area contributed by atoms with Gasteiger partial charge in [-0.2, -0.15) is 39.5 Å². The molecule has 0 atom stereocenters. The highest BCUT2D eigenvalue weighted by atomic mass is 32.2. The molecule has 0 heterocycles. The Balaban J connectivity index is 0. The molecule has 0 radical (unpaired) electrons. The van der Waals surface area contributed by atoms with Crippen molar-refractivity contribution >= 4 is 26.8 Å². The molecule has 35 heavy (non-hydrogen) atoms. The normalized spacial score (nSPS) is 13.5. The molecule has 0 spiro atoms. The van der Waals surface area contributed by atoms with Gasteiger partial charge in [0.25, 0.3) is 0 Å². The zero-order valence-electron chi connectivity index (χ0n) is 19.8. The van der Waals surface area contributed by atoms with E-state index >= 15 is 0 Å². The number of hydrogen-bond acceptors (Lipinski definition) is 4. The number of carbonyl (C=O) groups excluding carboxylic acids is 1. The summed E-state index contributed by atoms with van der Waals surface area (Å²) >= 11 is 0. The van der Waals surface area contributed by atoms with Crippen molar-refractivity contribution in [3.63, 3.8) is 0 Å². The van der Waals surface area contributed by atoms with Gasteiger partial charge in [-0.3, -0.25) is 4.79 Å². The summed E-state index contributed by atoms with van der Waals surface area (Å²) in [5, 5.41) is -7.11. The minimum atomic E-state index is -7.43. The van der Waals surface area contributed by atoms with Gasteiger partial charge in [0.05, 0.1) is 0 Å². The molecular weight excluding hydrogens is 539 g/mol. The molecule has 0 aromatic heterocycles. The molecule has 0 aliphatic heterocycles. The van der Waals surface area contributed by atoms with E-state index in [0.29, 0.717) is 16.7 Å². The number of halogens is 9. The van der Waals surface area contributed by atoms with E-state index in [-0.39, 0.29) is 0 Å². The molecule has 0 aliphatic carbocycles. The van der Waals surface area contributed by atoms with Crippen LogP contribution in [0.3, 0.4) is 0 Å². The molecule has 0 saturated carbocycles. The van der Waals surface area contributed by atoms with Gasteiger partial charge in [-0.25, -0.2) is 8.42 Å². The van der Waals surface area contributed by atoms with Gasteiger partial charge >= 0.3 is 23.3 Å². The zero-order chi connectivity index (χ0) is 28.1. The predicted molar refractivity (Wildman–Crippen MR) is 116 cm³/mol. The summed E-state index contributed by atoms with van der Waals surface area (Å²) in [6.45, 7) is 6.70. The third-order valence-electron chi connectivity index (χ3n) is 4.68. The second kappa shape index (κ2) is 15.5. The van der Waals surface area contributed by atoms with Crippen molar-refractivity contribution in [1.29, 1.82) is 0 Å². The first-order valence-electron chi connectivity index (χ1n) is 11.1. The van der Waals surface area contributed by atoms with Crippen LogP contribution in [0.5, 0.6) is 0 Å². The standard InChI is InChI=1S/C16H33OS.C4HF9O3S/c1-4-7-10-11-12-16(17)15-18(13-8-5-2)14-9-6-3;5-1(6,3(9,10)11)2(7,8)4(12,13)17(14,15)16/h4-15H2,1-3H3;(H,14,15,16)/q+1;/p-1. The van der Waals surface area contributed by atoms with E-state index in [0.717, 1.165) is 18.6 Å². The number of rotatable bonds is 16. The summed E-state index contributed by atoms with van der Waals surface area (Å²) in [5.41, 5.74) is 0. The van der Waals surface area contributed by atoms with Gasteiger partial charge in [0.1, 0.15) is 11.5 Å². The lowest BCUT2D eigenvalue weighted by Gasteiger charge is -2.34. The maximum Gasteiger partial charge on any atom is 0.460 e. The number of alkyl halides is 9. The monoisotopic (exact) mass is 572 g/mol. The maximum atomic E-state index is 12.2. The summed E-state index contributed by atoms with van der Waals surface area (Å²) in [4.78, 5) is 11.9. The largest absolute Gasteiger partial charge is 0.743 e. The summed E-state index contributed by atoms with van der Waals surface area (Å²) < 4.78 is 135. The average molecular weight is 573 g/mol. The van der Waals surface area contributed by atoms with E-state index in [1.165, 1.54) is 56.5 Å². The van der Waals surface area contributed by atoms with E-state index in [2.05, 4.69) is 20.8 Å². The molecule has 0 N–H and O–H groups in total. The van der Waals surface area contributed by atoms with Crippen LogP contribution >= 0.6 is 0 Å². The van der Waals surface area contributed by atoms with Crippen molar-refractivity contribution in [3.05, 3.63) is 0 Å². The molecule has 0 amide bonds. The van der Waals surface area contributed by atoms with E-state index < -0.39 is 33.4 Å². The first-order chi connectivity index (χ1) is 15.7. The number of unbranched alkanes of at least 4 members (excludes halogenated alkanes) is 5. The number of Topliss-reactive ketones (excluding diaryl/α,β-unsaturated/α-hetero) is 1. The van der Waals surface area contributed by atoms with E-state index in [1.807, 2.05) is 0 Å². The molecule has 0 fully saturated rings. The average Bonchev–Trinajstić information content (AvgIpc) is 2.71. The van der Waals surface area contributed by atoms with Crippen LogP contribution in [-0.2, 0) is 25.8 Å². The smallest absolute Gasteiger partial charge is 0.460 e. The zero-order valence-corrected chi connectivity index (χ0v) is 21.5. The minimum Gasteiger partial charge on any atom is -0.743 e. The van der Waals surface area contributed by atoms with Crippen LogP contribution in [0.2, 0.25) is 0 Å². The number of ketones is 1. The Labute approximate surface area is 203 Å². The Bertz CT molecular complexity index is 704. The van der Waals surface area contributed by atoms with Crippen LogP contribution in [0.15, 0.2) is 0 Å². The summed E-state index contributed by atoms with van der Waals surface area (Å²) in [5.74, 6) is -10.8. The quantitative estimate of drug-likeness (QED) is 0.0893. The second-order valence-electron chi connectivity index (χ2n) is 7.84. The fourth-order valence-electron chi connectivity index (χ4n) is 2.51. The van der Waals surface area contributed by atoms with Crippen molar-refractivity contribution in [1.82, 2.24) is 0 Å². The highest BCUT2D eigenvalue weighted by Crippen LogP contribution is 2.54. The van der Waals surface area contributed by atoms with Gasteiger partial charge in [0.2, 0.25) is 0 Å². The van der Waals surface area contributed by atoms with E-state index in [4.69, 9.17) is 0 Å². The molecule has 0 bridgehead atoms.